The molecule has 0 bridgehead atoms. The van der Waals surface area contributed by atoms with Crippen LogP contribution in [0.15, 0.2) is 6.07 Å². The summed E-state index contributed by atoms with van der Waals surface area (Å²) in [5.41, 5.74) is 1.07. The van der Waals surface area contributed by atoms with E-state index in [1.807, 2.05) is 6.92 Å². The van der Waals surface area contributed by atoms with Crippen molar-refractivity contribution in [2.75, 3.05) is 5.32 Å². The molecule has 1 spiro atoms. The van der Waals surface area contributed by atoms with Crippen molar-refractivity contribution in [1.82, 2.24) is 4.98 Å². The van der Waals surface area contributed by atoms with E-state index >= 15 is 0 Å². The number of alkyl halides is 2. The van der Waals surface area contributed by atoms with Gasteiger partial charge in [0.2, 0.25) is 11.8 Å². The first-order chi connectivity index (χ1) is 8.84. The minimum atomic E-state index is -2.68. The predicted molar refractivity (Wildman–Crippen MR) is 67.7 cm³/mol. The quantitative estimate of drug-likeness (QED) is 0.742. The first-order valence-electron chi connectivity index (χ1n) is 6.21. The molecule has 1 saturated carbocycles. The molecule has 19 heavy (non-hydrogen) atoms. The second-order valence-corrected chi connectivity index (χ2v) is 5.76. The van der Waals surface area contributed by atoms with Crippen molar-refractivity contribution in [2.45, 2.75) is 43.9 Å². The summed E-state index contributed by atoms with van der Waals surface area (Å²) >= 11 is 5.94. The number of halogens is 3. The van der Waals surface area contributed by atoms with Crippen LogP contribution in [-0.4, -0.2) is 16.8 Å². The van der Waals surface area contributed by atoms with Crippen molar-refractivity contribution in [3.8, 4) is 0 Å². The van der Waals surface area contributed by atoms with Crippen LogP contribution < -0.4 is 5.32 Å². The molecule has 1 fully saturated rings. The number of rotatable bonds is 0. The molecule has 3 nitrogen and oxygen atoms in total. The zero-order chi connectivity index (χ0) is 13.8. The molecule has 1 aromatic rings. The molecule has 102 valence electrons. The van der Waals surface area contributed by atoms with Gasteiger partial charge in [0.05, 0.1) is 16.8 Å². The molecule has 6 heteroatoms. The van der Waals surface area contributed by atoms with Gasteiger partial charge in [0.25, 0.3) is 0 Å². The first-order valence-corrected chi connectivity index (χ1v) is 6.59. The lowest BCUT2D eigenvalue weighted by molar-refractivity contribution is -0.126. The number of fused-ring (bicyclic) bond motifs is 2. The van der Waals surface area contributed by atoms with Gasteiger partial charge in [-0.1, -0.05) is 11.6 Å². The van der Waals surface area contributed by atoms with Crippen LogP contribution in [0.1, 0.15) is 36.9 Å². The minimum Gasteiger partial charge on any atom is -0.323 e. The lowest BCUT2D eigenvalue weighted by Gasteiger charge is -2.34. The van der Waals surface area contributed by atoms with Gasteiger partial charge in [0, 0.05) is 12.8 Å². The van der Waals surface area contributed by atoms with Crippen LogP contribution in [0.3, 0.4) is 0 Å². The average molecular weight is 287 g/mol. The molecular formula is C13H13ClF2N2O. The Kier molecular flexibility index (Phi) is 2.61. The topological polar surface area (TPSA) is 42.0 Å². The van der Waals surface area contributed by atoms with Crippen molar-refractivity contribution in [3.05, 3.63) is 22.5 Å². The average Bonchev–Trinajstić information content (AvgIpc) is 2.58. The lowest BCUT2D eigenvalue weighted by atomic mass is 9.71. The molecule has 1 aliphatic heterocycles. The van der Waals surface area contributed by atoms with Gasteiger partial charge in [-0.05, 0) is 31.4 Å². The van der Waals surface area contributed by atoms with E-state index in [4.69, 9.17) is 11.6 Å². The number of nitrogens with one attached hydrogen (secondary N) is 1. The molecule has 1 aromatic heterocycles. The summed E-state index contributed by atoms with van der Waals surface area (Å²) in [6, 6.07) is 1.66. The van der Waals surface area contributed by atoms with Gasteiger partial charge in [0.1, 0.15) is 5.15 Å². The summed E-state index contributed by atoms with van der Waals surface area (Å²) in [5.74, 6) is -2.90. The van der Waals surface area contributed by atoms with Crippen LogP contribution in [0.4, 0.5) is 14.5 Å². The minimum absolute atomic E-state index is 0.117. The number of pyridine rings is 1. The highest BCUT2D eigenvalue weighted by Crippen LogP contribution is 2.51. The zero-order valence-corrected chi connectivity index (χ0v) is 11.2. The van der Waals surface area contributed by atoms with Crippen molar-refractivity contribution in [1.29, 1.82) is 0 Å². The maximum absolute atomic E-state index is 13.3. The normalized spacial score (nSPS) is 23.3. The fourth-order valence-corrected chi connectivity index (χ4v) is 3.23. The fraction of sp³-hybridized carbons (Fsp3) is 0.538. The van der Waals surface area contributed by atoms with E-state index in [0.29, 0.717) is 16.5 Å². The maximum Gasteiger partial charge on any atom is 0.248 e. The zero-order valence-electron chi connectivity index (χ0n) is 10.4. The molecule has 1 N–H and O–H groups in total. The smallest absolute Gasteiger partial charge is 0.248 e. The molecule has 2 heterocycles. The number of hydrogen-bond donors (Lipinski definition) is 1. The van der Waals surface area contributed by atoms with E-state index in [1.165, 1.54) is 0 Å². The van der Waals surface area contributed by atoms with Gasteiger partial charge in [0.15, 0.2) is 0 Å². The van der Waals surface area contributed by atoms with Crippen molar-refractivity contribution >= 4 is 23.2 Å². The largest absolute Gasteiger partial charge is 0.323 e. The Labute approximate surface area is 114 Å². The molecule has 0 atom stereocenters. The van der Waals surface area contributed by atoms with Crippen LogP contribution in [-0.2, 0) is 10.2 Å². The van der Waals surface area contributed by atoms with Crippen LogP contribution in [0.2, 0.25) is 5.15 Å². The number of amides is 1. The molecule has 0 radical (unpaired) electrons. The van der Waals surface area contributed by atoms with Crippen molar-refractivity contribution < 1.29 is 13.6 Å². The van der Waals surface area contributed by atoms with Gasteiger partial charge < -0.3 is 5.32 Å². The monoisotopic (exact) mass is 286 g/mol. The summed E-state index contributed by atoms with van der Waals surface area (Å²) in [5, 5.41) is 3.07. The number of anilines is 1. The van der Waals surface area contributed by atoms with Gasteiger partial charge in [-0.15, -0.1) is 0 Å². The summed E-state index contributed by atoms with van der Waals surface area (Å²) in [6.45, 7) is 1.82. The van der Waals surface area contributed by atoms with E-state index in [9.17, 15) is 13.6 Å². The van der Waals surface area contributed by atoms with Gasteiger partial charge >= 0.3 is 0 Å². The Morgan fingerprint density at radius 1 is 1.32 bits per heavy atom. The van der Waals surface area contributed by atoms with E-state index in [1.54, 1.807) is 6.07 Å². The molecule has 1 aliphatic carbocycles. The van der Waals surface area contributed by atoms with Gasteiger partial charge in [-0.25, -0.2) is 13.8 Å². The van der Waals surface area contributed by atoms with Crippen LogP contribution in [0.5, 0.6) is 0 Å². The van der Waals surface area contributed by atoms with E-state index in [-0.39, 0.29) is 31.6 Å². The number of aryl methyl sites for hydroxylation is 1. The summed E-state index contributed by atoms with van der Waals surface area (Å²) in [7, 11) is 0. The molecule has 0 saturated heterocycles. The number of nitrogens with zero attached hydrogens (tertiary/aromatic N) is 1. The number of hydrogen-bond acceptors (Lipinski definition) is 2. The standard InChI is InChI=1S/C13H13ClF2N2O/c1-7-6-8(14)17-10-9(7)18-11(19)12(10)2-4-13(15,16)5-3-12/h6H,2-5H2,1H3,(H,18,19). The Morgan fingerprint density at radius 3 is 2.58 bits per heavy atom. The van der Waals surface area contributed by atoms with Crippen LogP contribution in [0.25, 0.3) is 0 Å². The van der Waals surface area contributed by atoms with Crippen LogP contribution >= 0.6 is 11.6 Å². The Bertz CT molecular complexity index is 564. The highest BCUT2D eigenvalue weighted by molar-refractivity contribution is 6.29. The molecule has 3 rings (SSSR count). The SMILES string of the molecule is Cc1cc(Cl)nc2c1NC(=O)C21CCC(F)(F)CC1. The molecule has 0 aromatic carbocycles. The van der Waals surface area contributed by atoms with E-state index < -0.39 is 11.3 Å². The molecule has 2 aliphatic rings. The van der Waals surface area contributed by atoms with Crippen molar-refractivity contribution in [2.24, 2.45) is 0 Å². The number of carbonyl (C=O) groups is 1. The Hall–Kier alpha value is -1.23. The highest BCUT2D eigenvalue weighted by atomic mass is 35.5. The Balaban J connectivity index is 2.08. The number of carbonyl (C=O) groups excluding carboxylic acids is 1. The molecule has 0 unspecified atom stereocenters. The summed E-state index contributed by atoms with van der Waals surface area (Å²) < 4.78 is 26.6. The maximum atomic E-state index is 13.3. The highest BCUT2D eigenvalue weighted by Gasteiger charge is 2.54. The predicted octanol–water partition coefficient (Wildman–Crippen LogP) is 3.44. The van der Waals surface area contributed by atoms with Crippen LogP contribution in [0, 0.1) is 6.92 Å². The second-order valence-electron chi connectivity index (χ2n) is 5.38. The van der Waals surface area contributed by atoms with Gasteiger partial charge in [-0.3, -0.25) is 4.79 Å². The first kappa shape index (κ1) is 12.8. The summed E-state index contributed by atoms with van der Waals surface area (Å²) in [4.78, 5) is 16.5. The van der Waals surface area contributed by atoms with Gasteiger partial charge in [-0.2, -0.15) is 0 Å². The third-order valence-electron chi connectivity index (χ3n) is 4.15. The Morgan fingerprint density at radius 2 is 1.95 bits per heavy atom. The molecular weight excluding hydrogens is 274 g/mol. The van der Waals surface area contributed by atoms with E-state index in [0.717, 1.165) is 5.56 Å². The second kappa shape index (κ2) is 3.88. The number of aromatic nitrogens is 1. The summed E-state index contributed by atoms with van der Waals surface area (Å²) in [6.07, 6.45) is -0.336. The third-order valence-corrected chi connectivity index (χ3v) is 4.34. The third kappa shape index (κ3) is 1.83. The van der Waals surface area contributed by atoms with Crippen molar-refractivity contribution in [3.63, 3.8) is 0 Å². The lowest BCUT2D eigenvalue weighted by Crippen LogP contribution is -2.42. The fourth-order valence-electron chi connectivity index (χ4n) is 2.98. The molecule has 1 amide bonds. The van der Waals surface area contributed by atoms with E-state index in [2.05, 4.69) is 10.3 Å².